The van der Waals surface area contributed by atoms with Crippen molar-refractivity contribution in [1.29, 1.82) is 0 Å². The lowest BCUT2D eigenvalue weighted by Gasteiger charge is -2.21. The minimum atomic E-state index is -0.0265. The smallest absolute Gasteiger partial charge is 0.126 e. The van der Waals surface area contributed by atoms with Gasteiger partial charge in [-0.3, -0.25) is 0 Å². The fourth-order valence-corrected chi connectivity index (χ4v) is 3.55. The van der Waals surface area contributed by atoms with Crippen LogP contribution in [0, 0.1) is 13.8 Å². The first kappa shape index (κ1) is 17.2. The van der Waals surface area contributed by atoms with Crippen LogP contribution in [0.1, 0.15) is 28.4 Å². The second-order valence-electron chi connectivity index (χ2n) is 6.78. The lowest BCUT2D eigenvalue weighted by molar-refractivity contribution is 0.414. The number of anilines is 1. The first-order valence-corrected chi connectivity index (χ1v) is 9.06. The highest BCUT2D eigenvalue weighted by Crippen LogP contribution is 2.34. The molecule has 2 N–H and O–H groups in total. The predicted molar refractivity (Wildman–Crippen MR) is 110 cm³/mol. The highest BCUT2D eigenvalue weighted by molar-refractivity contribution is 5.86. The monoisotopic (exact) mass is 357 g/mol. The molecule has 0 spiro atoms. The molecule has 0 aliphatic heterocycles. The van der Waals surface area contributed by atoms with Gasteiger partial charge in [0.25, 0.3) is 0 Å². The predicted octanol–water partition coefficient (Wildman–Crippen LogP) is 5.39. The highest BCUT2D eigenvalue weighted by atomic mass is 16.5. The molecule has 4 nitrogen and oxygen atoms in total. The summed E-state index contributed by atoms with van der Waals surface area (Å²) in [6.45, 7) is 4.20. The molecule has 2 heterocycles. The lowest BCUT2D eigenvalue weighted by Crippen LogP contribution is -2.14. The first-order valence-electron chi connectivity index (χ1n) is 9.06. The highest BCUT2D eigenvalue weighted by Gasteiger charge is 2.21. The second-order valence-corrected chi connectivity index (χ2v) is 6.78. The summed E-state index contributed by atoms with van der Waals surface area (Å²) in [5.74, 6) is 1.71. The van der Waals surface area contributed by atoms with Crippen molar-refractivity contribution >= 4 is 16.7 Å². The number of para-hydroxylation sites is 1. The average molecular weight is 357 g/mol. The summed E-state index contributed by atoms with van der Waals surface area (Å²) in [5.41, 5.74) is 5.86. The Bertz CT molecular complexity index is 1070. The van der Waals surface area contributed by atoms with Gasteiger partial charge in [0.1, 0.15) is 11.6 Å². The van der Waals surface area contributed by atoms with E-state index in [1.807, 2.05) is 24.4 Å². The Balaban J connectivity index is 1.85. The summed E-state index contributed by atoms with van der Waals surface area (Å²) in [6.07, 6.45) is 1.84. The number of aromatic amines is 1. The normalized spacial score (nSPS) is 12.1. The van der Waals surface area contributed by atoms with Crippen molar-refractivity contribution in [3.63, 3.8) is 0 Å². The molecular formula is C23H23N3O. The van der Waals surface area contributed by atoms with Crippen molar-refractivity contribution in [3.05, 3.63) is 89.2 Å². The van der Waals surface area contributed by atoms with Gasteiger partial charge in [0.05, 0.1) is 13.2 Å². The zero-order valence-electron chi connectivity index (χ0n) is 15.8. The third kappa shape index (κ3) is 3.38. The van der Waals surface area contributed by atoms with Gasteiger partial charge in [-0.15, -0.1) is 0 Å². The fourth-order valence-electron chi connectivity index (χ4n) is 3.55. The van der Waals surface area contributed by atoms with E-state index in [2.05, 4.69) is 71.6 Å². The first-order chi connectivity index (χ1) is 13.2. The van der Waals surface area contributed by atoms with Crippen molar-refractivity contribution in [2.24, 2.45) is 0 Å². The van der Waals surface area contributed by atoms with Gasteiger partial charge in [0.2, 0.25) is 0 Å². The van der Waals surface area contributed by atoms with Crippen LogP contribution in [0.2, 0.25) is 0 Å². The minimum absolute atomic E-state index is 0.0265. The number of nitrogens with zero attached hydrogens (tertiary/aromatic N) is 1. The van der Waals surface area contributed by atoms with E-state index >= 15 is 0 Å². The Morgan fingerprint density at radius 3 is 2.52 bits per heavy atom. The summed E-state index contributed by atoms with van der Waals surface area (Å²) in [5, 5.41) is 4.86. The molecule has 0 aliphatic rings. The maximum absolute atomic E-state index is 5.33. The quantitative estimate of drug-likeness (QED) is 0.503. The summed E-state index contributed by atoms with van der Waals surface area (Å²) in [7, 11) is 1.69. The van der Waals surface area contributed by atoms with Gasteiger partial charge in [-0.05, 0) is 55.3 Å². The molecule has 0 amide bonds. The number of methoxy groups -OCH3 is 1. The molecular weight excluding hydrogens is 334 g/mol. The van der Waals surface area contributed by atoms with Crippen LogP contribution >= 0.6 is 0 Å². The molecule has 0 radical (unpaired) electrons. The fraction of sp³-hybridized carbons (Fsp3) is 0.174. The van der Waals surface area contributed by atoms with Crippen LogP contribution in [-0.2, 0) is 0 Å². The Hall–Kier alpha value is -3.27. The van der Waals surface area contributed by atoms with Gasteiger partial charge in [-0.25, -0.2) is 4.98 Å². The van der Waals surface area contributed by atoms with Crippen molar-refractivity contribution in [1.82, 2.24) is 9.97 Å². The van der Waals surface area contributed by atoms with E-state index in [1.165, 1.54) is 16.5 Å². The molecule has 2 aromatic carbocycles. The maximum atomic E-state index is 5.33. The summed E-state index contributed by atoms with van der Waals surface area (Å²) >= 11 is 0. The van der Waals surface area contributed by atoms with Crippen LogP contribution in [0.25, 0.3) is 10.9 Å². The maximum Gasteiger partial charge on any atom is 0.126 e. The number of H-pyrrole nitrogens is 1. The van der Waals surface area contributed by atoms with Crippen LogP contribution in [0.5, 0.6) is 5.75 Å². The van der Waals surface area contributed by atoms with Crippen LogP contribution in [0.3, 0.4) is 0 Å². The van der Waals surface area contributed by atoms with Gasteiger partial charge in [-0.2, -0.15) is 0 Å². The molecule has 27 heavy (non-hydrogen) atoms. The molecule has 4 rings (SSSR count). The second kappa shape index (κ2) is 7.16. The summed E-state index contributed by atoms with van der Waals surface area (Å²) in [4.78, 5) is 8.02. The molecule has 0 bridgehead atoms. The van der Waals surface area contributed by atoms with Crippen LogP contribution in [0.4, 0.5) is 5.82 Å². The molecule has 4 heteroatoms. The lowest BCUT2D eigenvalue weighted by atomic mass is 9.95. The van der Waals surface area contributed by atoms with Crippen LogP contribution in [0.15, 0.2) is 66.9 Å². The number of benzene rings is 2. The minimum Gasteiger partial charge on any atom is -0.497 e. The third-order valence-electron chi connectivity index (χ3n) is 4.89. The van der Waals surface area contributed by atoms with Gasteiger partial charge in [-0.1, -0.05) is 30.3 Å². The third-order valence-corrected chi connectivity index (χ3v) is 4.89. The van der Waals surface area contributed by atoms with Crippen molar-refractivity contribution in [2.45, 2.75) is 19.9 Å². The number of fused-ring (bicyclic) bond motifs is 1. The van der Waals surface area contributed by atoms with Gasteiger partial charge in [0, 0.05) is 28.4 Å². The largest absolute Gasteiger partial charge is 0.497 e. The number of pyridine rings is 1. The molecule has 0 aliphatic carbocycles. The number of hydrogen-bond donors (Lipinski definition) is 2. The van der Waals surface area contributed by atoms with Crippen molar-refractivity contribution in [2.75, 3.05) is 12.4 Å². The Morgan fingerprint density at radius 2 is 1.78 bits per heavy atom. The molecule has 4 aromatic rings. The van der Waals surface area contributed by atoms with E-state index < -0.39 is 0 Å². The SMILES string of the molecule is COc1ccc(C(Nc2cc(C)ccn2)c2c(C)[nH]c3ccccc23)cc1. The molecule has 1 atom stereocenters. The van der Waals surface area contributed by atoms with Crippen molar-refractivity contribution < 1.29 is 4.74 Å². The zero-order valence-corrected chi connectivity index (χ0v) is 15.8. The van der Waals surface area contributed by atoms with E-state index in [0.717, 1.165) is 28.3 Å². The number of nitrogens with one attached hydrogen (secondary N) is 2. The summed E-state index contributed by atoms with van der Waals surface area (Å²) < 4.78 is 5.33. The summed E-state index contributed by atoms with van der Waals surface area (Å²) in [6, 6.07) is 20.7. The zero-order chi connectivity index (χ0) is 18.8. The molecule has 1 unspecified atom stereocenters. The molecule has 2 aromatic heterocycles. The number of aromatic nitrogens is 2. The van der Waals surface area contributed by atoms with E-state index in [1.54, 1.807) is 7.11 Å². The van der Waals surface area contributed by atoms with E-state index in [9.17, 15) is 0 Å². The van der Waals surface area contributed by atoms with Crippen molar-refractivity contribution in [3.8, 4) is 5.75 Å². The average Bonchev–Trinajstić information content (AvgIpc) is 3.02. The number of aryl methyl sites for hydroxylation is 2. The molecule has 136 valence electrons. The number of hydrogen-bond acceptors (Lipinski definition) is 3. The topological polar surface area (TPSA) is 49.9 Å². The molecule has 0 saturated carbocycles. The van der Waals surface area contributed by atoms with E-state index in [0.29, 0.717) is 0 Å². The number of ether oxygens (including phenoxy) is 1. The van der Waals surface area contributed by atoms with Gasteiger partial charge in [0.15, 0.2) is 0 Å². The Labute approximate surface area is 159 Å². The van der Waals surface area contributed by atoms with Gasteiger partial charge >= 0.3 is 0 Å². The van der Waals surface area contributed by atoms with E-state index in [4.69, 9.17) is 4.74 Å². The number of rotatable bonds is 5. The Kier molecular flexibility index (Phi) is 4.55. The Morgan fingerprint density at radius 1 is 1.00 bits per heavy atom. The molecule has 0 saturated heterocycles. The van der Waals surface area contributed by atoms with E-state index in [-0.39, 0.29) is 6.04 Å². The van der Waals surface area contributed by atoms with Crippen LogP contribution < -0.4 is 10.1 Å². The van der Waals surface area contributed by atoms with Crippen LogP contribution in [-0.4, -0.2) is 17.1 Å². The standard InChI is InChI=1S/C23H23N3O/c1-15-12-13-24-21(14-15)26-23(17-8-10-18(27-3)11-9-17)22-16(2)25-20-7-5-4-6-19(20)22/h4-14,23,25H,1-3H3,(H,24,26). The van der Waals surface area contributed by atoms with Gasteiger partial charge < -0.3 is 15.0 Å². The molecule has 0 fully saturated rings.